The Labute approximate surface area is 198 Å². The Morgan fingerprint density at radius 1 is 0.758 bits per heavy atom. The van der Waals surface area contributed by atoms with Gasteiger partial charge in [0.15, 0.2) is 0 Å². The summed E-state index contributed by atoms with van der Waals surface area (Å²) in [6.07, 6.45) is 11.8. The topological polar surface area (TPSA) is 48.4 Å². The quantitative estimate of drug-likeness (QED) is 0.200. The Hall–Kier alpha value is -3.14. The first-order valence-corrected chi connectivity index (χ1v) is 12.2. The van der Waals surface area contributed by atoms with Gasteiger partial charge in [-0.2, -0.15) is 0 Å². The highest BCUT2D eigenvalue weighted by Crippen LogP contribution is 2.23. The van der Waals surface area contributed by atoms with Crippen LogP contribution in [0.3, 0.4) is 0 Å². The summed E-state index contributed by atoms with van der Waals surface area (Å²) in [6, 6.07) is 19.1. The molecule has 0 aliphatic heterocycles. The number of aryl methyl sites for hydroxylation is 1. The molecule has 0 fully saturated rings. The zero-order valence-electron chi connectivity index (χ0n) is 19.9. The van der Waals surface area contributed by atoms with Gasteiger partial charge in [0.2, 0.25) is 0 Å². The smallest absolute Gasteiger partial charge is 0.343 e. The fraction of sp³-hybridized carbons (Fsp3) is 0.379. The summed E-state index contributed by atoms with van der Waals surface area (Å²) in [5.41, 5.74) is 3.61. The highest BCUT2D eigenvalue weighted by Gasteiger charge is 2.09. The molecule has 174 valence electrons. The summed E-state index contributed by atoms with van der Waals surface area (Å²) >= 11 is 0. The van der Waals surface area contributed by atoms with E-state index in [1.54, 1.807) is 12.3 Å². The molecule has 33 heavy (non-hydrogen) atoms. The van der Waals surface area contributed by atoms with Gasteiger partial charge in [-0.05, 0) is 73.9 Å². The lowest BCUT2D eigenvalue weighted by molar-refractivity contribution is 0.0734. The second kappa shape index (κ2) is 13.4. The van der Waals surface area contributed by atoms with E-state index in [1.807, 2.05) is 61.5 Å². The SMILES string of the molecule is CCCCCCCCCc1ccc(C(=O)Oc2ccc(-c3ccc(OCC)cc3)nc2)cc1. The molecule has 4 nitrogen and oxygen atoms in total. The van der Waals surface area contributed by atoms with Crippen LogP contribution in [0.5, 0.6) is 11.5 Å². The molecule has 0 saturated carbocycles. The van der Waals surface area contributed by atoms with Crippen LogP contribution < -0.4 is 9.47 Å². The normalized spacial score (nSPS) is 10.7. The van der Waals surface area contributed by atoms with Crippen LogP contribution in [0.4, 0.5) is 0 Å². The number of hydrogen-bond acceptors (Lipinski definition) is 4. The number of hydrogen-bond donors (Lipinski definition) is 0. The Balaban J connectivity index is 1.46. The van der Waals surface area contributed by atoms with Crippen molar-refractivity contribution in [2.45, 2.75) is 65.2 Å². The first-order valence-electron chi connectivity index (χ1n) is 12.2. The molecule has 0 bridgehead atoms. The van der Waals surface area contributed by atoms with Crippen LogP contribution in [0.2, 0.25) is 0 Å². The molecule has 3 rings (SSSR count). The number of nitrogens with zero attached hydrogens (tertiary/aromatic N) is 1. The minimum absolute atomic E-state index is 0.368. The summed E-state index contributed by atoms with van der Waals surface area (Å²) in [7, 11) is 0. The van der Waals surface area contributed by atoms with Crippen molar-refractivity contribution >= 4 is 5.97 Å². The van der Waals surface area contributed by atoms with E-state index in [-0.39, 0.29) is 5.97 Å². The van der Waals surface area contributed by atoms with Crippen LogP contribution in [0.25, 0.3) is 11.3 Å². The maximum atomic E-state index is 12.5. The number of ether oxygens (including phenoxy) is 2. The minimum atomic E-state index is -0.368. The second-order valence-corrected chi connectivity index (χ2v) is 8.29. The molecule has 0 aliphatic rings. The van der Waals surface area contributed by atoms with Gasteiger partial charge in [0.1, 0.15) is 11.5 Å². The number of pyridine rings is 1. The number of esters is 1. The largest absolute Gasteiger partial charge is 0.494 e. The zero-order valence-corrected chi connectivity index (χ0v) is 19.9. The third-order valence-corrected chi connectivity index (χ3v) is 5.67. The van der Waals surface area contributed by atoms with Crippen molar-refractivity contribution in [3.63, 3.8) is 0 Å². The van der Waals surface area contributed by atoms with Crippen molar-refractivity contribution < 1.29 is 14.3 Å². The molecule has 1 heterocycles. The molecular weight excluding hydrogens is 410 g/mol. The van der Waals surface area contributed by atoms with Crippen LogP contribution in [0.15, 0.2) is 66.9 Å². The fourth-order valence-electron chi connectivity index (χ4n) is 3.76. The van der Waals surface area contributed by atoms with E-state index < -0.39 is 0 Å². The standard InChI is InChI=1S/C29H35NO3/c1-3-5-6-7-8-9-10-11-23-12-14-25(15-13-23)29(31)33-27-20-21-28(30-22-27)24-16-18-26(19-17-24)32-4-2/h12-22H,3-11H2,1-2H3. The first-order chi connectivity index (χ1) is 16.2. The minimum Gasteiger partial charge on any atom is -0.494 e. The Morgan fingerprint density at radius 3 is 2.06 bits per heavy atom. The van der Waals surface area contributed by atoms with E-state index in [2.05, 4.69) is 11.9 Å². The van der Waals surface area contributed by atoms with Gasteiger partial charge in [0, 0.05) is 5.56 Å². The summed E-state index contributed by atoms with van der Waals surface area (Å²) in [4.78, 5) is 16.9. The lowest BCUT2D eigenvalue weighted by Crippen LogP contribution is -2.08. The maximum Gasteiger partial charge on any atom is 0.343 e. The van der Waals surface area contributed by atoms with Gasteiger partial charge in [0.05, 0.1) is 24.1 Å². The third-order valence-electron chi connectivity index (χ3n) is 5.67. The van der Waals surface area contributed by atoms with Gasteiger partial charge in [-0.1, -0.05) is 57.6 Å². The van der Waals surface area contributed by atoms with E-state index in [0.717, 1.165) is 23.4 Å². The number of unbranched alkanes of at least 4 members (excludes halogenated alkanes) is 6. The molecule has 3 aromatic rings. The molecule has 0 spiro atoms. The van der Waals surface area contributed by atoms with E-state index in [1.165, 1.54) is 50.5 Å². The molecule has 0 N–H and O–H groups in total. The van der Waals surface area contributed by atoms with Crippen LogP contribution in [-0.2, 0) is 6.42 Å². The Kier molecular flexibility index (Phi) is 9.96. The van der Waals surface area contributed by atoms with Crippen molar-refractivity contribution in [1.82, 2.24) is 4.98 Å². The van der Waals surface area contributed by atoms with E-state index in [0.29, 0.717) is 17.9 Å². The molecular formula is C29H35NO3. The predicted molar refractivity (Wildman–Crippen MR) is 134 cm³/mol. The molecule has 4 heteroatoms. The third kappa shape index (κ3) is 8.05. The van der Waals surface area contributed by atoms with Gasteiger partial charge in [-0.15, -0.1) is 0 Å². The van der Waals surface area contributed by atoms with E-state index in [4.69, 9.17) is 9.47 Å². The van der Waals surface area contributed by atoms with E-state index in [9.17, 15) is 4.79 Å². The predicted octanol–water partition coefficient (Wildman–Crippen LogP) is 7.66. The van der Waals surface area contributed by atoms with Gasteiger partial charge < -0.3 is 9.47 Å². The number of carbonyl (C=O) groups is 1. The van der Waals surface area contributed by atoms with Crippen molar-refractivity contribution in [3.8, 4) is 22.8 Å². The first kappa shape index (κ1) is 24.5. The lowest BCUT2D eigenvalue weighted by Gasteiger charge is -2.07. The van der Waals surface area contributed by atoms with Crippen LogP contribution in [0.1, 0.15) is 74.7 Å². The van der Waals surface area contributed by atoms with Crippen molar-refractivity contribution in [2.75, 3.05) is 6.61 Å². The Bertz CT molecular complexity index is 963. The molecule has 1 aromatic heterocycles. The number of carbonyl (C=O) groups excluding carboxylic acids is 1. The molecule has 0 atom stereocenters. The molecule has 0 radical (unpaired) electrons. The highest BCUT2D eigenvalue weighted by atomic mass is 16.5. The molecule has 2 aromatic carbocycles. The molecule has 0 amide bonds. The fourth-order valence-corrected chi connectivity index (χ4v) is 3.76. The highest BCUT2D eigenvalue weighted by molar-refractivity contribution is 5.91. The van der Waals surface area contributed by atoms with Gasteiger partial charge in [-0.3, -0.25) is 4.98 Å². The summed E-state index contributed by atoms with van der Waals surface area (Å²) in [5.74, 6) is 0.898. The van der Waals surface area contributed by atoms with Crippen LogP contribution >= 0.6 is 0 Å². The van der Waals surface area contributed by atoms with Crippen molar-refractivity contribution in [3.05, 3.63) is 78.0 Å². The van der Waals surface area contributed by atoms with Gasteiger partial charge in [0.25, 0.3) is 0 Å². The number of benzene rings is 2. The summed E-state index contributed by atoms with van der Waals surface area (Å²) in [6.45, 7) is 4.84. The monoisotopic (exact) mass is 445 g/mol. The van der Waals surface area contributed by atoms with Crippen LogP contribution in [-0.4, -0.2) is 17.6 Å². The number of rotatable bonds is 13. The average Bonchev–Trinajstić information content (AvgIpc) is 2.85. The summed E-state index contributed by atoms with van der Waals surface area (Å²) in [5, 5.41) is 0. The van der Waals surface area contributed by atoms with Gasteiger partial charge in [-0.25, -0.2) is 4.79 Å². The lowest BCUT2D eigenvalue weighted by atomic mass is 10.0. The van der Waals surface area contributed by atoms with Gasteiger partial charge >= 0.3 is 5.97 Å². The Morgan fingerprint density at radius 2 is 1.42 bits per heavy atom. The molecule has 0 saturated heterocycles. The molecule has 0 unspecified atom stereocenters. The second-order valence-electron chi connectivity index (χ2n) is 8.29. The van der Waals surface area contributed by atoms with Crippen molar-refractivity contribution in [1.29, 1.82) is 0 Å². The van der Waals surface area contributed by atoms with E-state index >= 15 is 0 Å². The zero-order chi connectivity index (χ0) is 23.3. The van der Waals surface area contributed by atoms with Crippen LogP contribution in [0, 0.1) is 0 Å². The molecule has 0 aliphatic carbocycles. The maximum absolute atomic E-state index is 12.5. The average molecular weight is 446 g/mol. The summed E-state index contributed by atoms with van der Waals surface area (Å²) < 4.78 is 11.0. The van der Waals surface area contributed by atoms with Crippen molar-refractivity contribution in [2.24, 2.45) is 0 Å². The number of aromatic nitrogens is 1.